The Kier molecular flexibility index (Phi) is 4.06. The molecular formula is C15H20N2O3. The Labute approximate surface area is 118 Å². The van der Waals surface area contributed by atoms with E-state index in [4.69, 9.17) is 9.47 Å². The van der Waals surface area contributed by atoms with Gasteiger partial charge in [0.2, 0.25) is 5.91 Å². The zero-order valence-electron chi connectivity index (χ0n) is 11.4. The molecule has 1 fully saturated rings. The van der Waals surface area contributed by atoms with E-state index in [1.54, 1.807) is 0 Å². The molecule has 1 aromatic carbocycles. The average molecular weight is 276 g/mol. The molecule has 0 radical (unpaired) electrons. The molecule has 2 heterocycles. The molecule has 2 atom stereocenters. The van der Waals surface area contributed by atoms with Crippen LogP contribution in [0.1, 0.15) is 19.3 Å². The fraction of sp³-hybridized carbons (Fsp3) is 0.533. The topological polar surface area (TPSA) is 59.6 Å². The van der Waals surface area contributed by atoms with E-state index < -0.39 is 0 Å². The number of carbonyl (C=O) groups excluding carboxylic acids is 1. The van der Waals surface area contributed by atoms with E-state index in [1.807, 2.05) is 24.3 Å². The minimum atomic E-state index is -0.120. The molecule has 20 heavy (non-hydrogen) atoms. The highest BCUT2D eigenvalue weighted by atomic mass is 16.6. The summed E-state index contributed by atoms with van der Waals surface area (Å²) in [6, 6.07) is 7.93. The van der Waals surface area contributed by atoms with Gasteiger partial charge in [-0.25, -0.2) is 0 Å². The van der Waals surface area contributed by atoms with Gasteiger partial charge in [-0.3, -0.25) is 4.79 Å². The lowest BCUT2D eigenvalue weighted by molar-refractivity contribution is -0.122. The number of carbonyl (C=O) groups is 1. The van der Waals surface area contributed by atoms with Gasteiger partial charge in [0.05, 0.1) is 6.54 Å². The predicted molar refractivity (Wildman–Crippen MR) is 75.0 cm³/mol. The van der Waals surface area contributed by atoms with E-state index in [-0.39, 0.29) is 12.0 Å². The Morgan fingerprint density at radius 1 is 1.35 bits per heavy atom. The second kappa shape index (κ2) is 6.13. The largest absolute Gasteiger partial charge is 0.486 e. The first-order valence-corrected chi connectivity index (χ1v) is 7.20. The molecule has 0 aliphatic carbocycles. The van der Waals surface area contributed by atoms with Crippen LogP contribution in [0.3, 0.4) is 0 Å². The third kappa shape index (κ3) is 3.22. The van der Waals surface area contributed by atoms with Crippen molar-refractivity contribution in [3.63, 3.8) is 0 Å². The van der Waals surface area contributed by atoms with Crippen molar-refractivity contribution in [1.29, 1.82) is 0 Å². The van der Waals surface area contributed by atoms with Crippen molar-refractivity contribution >= 4 is 5.91 Å². The molecule has 5 nitrogen and oxygen atoms in total. The van der Waals surface area contributed by atoms with Gasteiger partial charge in [0.15, 0.2) is 11.5 Å². The Balaban J connectivity index is 1.44. The monoisotopic (exact) mass is 276 g/mol. The van der Waals surface area contributed by atoms with E-state index in [0.29, 0.717) is 25.6 Å². The molecule has 1 amide bonds. The molecule has 2 unspecified atom stereocenters. The van der Waals surface area contributed by atoms with Gasteiger partial charge in [-0.1, -0.05) is 12.1 Å². The highest BCUT2D eigenvalue weighted by Gasteiger charge is 2.22. The van der Waals surface area contributed by atoms with Crippen molar-refractivity contribution in [3.05, 3.63) is 24.3 Å². The molecule has 5 heteroatoms. The lowest BCUT2D eigenvalue weighted by atomic mass is 10.1. The highest BCUT2D eigenvalue weighted by Crippen LogP contribution is 2.30. The molecule has 0 aromatic heterocycles. The zero-order chi connectivity index (χ0) is 13.8. The van der Waals surface area contributed by atoms with E-state index >= 15 is 0 Å². The maximum Gasteiger partial charge on any atom is 0.221 e. The Bertz CT molecular complexity index is 472. The first kappa shape index (κ1) is 13.2. The Morgan fingerprint density at radius 3 is 3.00 bits per heavy atom. The van der Waals surface area contributed by atoms with Gasteiger partial charge in [0.25, 0.3) is 0 Å². The van der Waals surface area contributed by atoms with E-state index in [2.05, 4.69) is 10.6 Å². The maximum atomic E-state index is 11.8. The molecule has 108 valence electrons. The van der Waals surface area contributed by atoms with Crippen LogP contribution in [0.25, 0.3) is 0 Å². The van der Waals surface area contributed by atoms with Crippen molar-refractivity contribution in [2.75, 3.05) is 19.7 Å². The summed E-state index contributed by atoms with van der Waals surface area (Å²) in [5, 5.41) is 6.25. The summed E-state index contributed by atoms with van der Waals surface area (Å²) >= 11 is 0. The van der Waals surface area contributed by atoms with Gasteiger partial charge in [0, 0.05) is 12.5 Å². The quantitative estimate of drug-likeness (QED) is 0.864. The number of para-hydroxylation sites is 2. The smallest absolute Gasteiger partial charge is 0.221 e. The average Bonchev–Trinajstić information content (AvgIpc) is 2.98. The molecule has 2 N–H and O–H groups in total. The third-order valence-electron chi connectivity index (χ3n) is 3.69. The van der Waals surface area contributed by atoms with Crippen LogP contribution in [0.4, 0.5) is 0 Å². The lowest BCUT2D eigenvalue weighted by Crippen LogP contribution is -2.42. The summed E-state index contributed by atoms with van der Waals surface area (Å²) in [5.41, 5.74) is 0. The summed E-state index contributed by atoms with van der Waals surface area (Å²) < 4.78 is 11.4. The number of fused-ring (bicyclic) bond motifs is 1. The van der Waals surface area contributed by atoms with Gasteiger partial charge in [-0.2, -0.15) is 0 Å². The number of hydrogen-bond acceptors (Lipinski definition) is 4. The number of nitrogens with one attached hydrogen (secondary N) is 2. The molecule has 0 bridgehead atoms. The van der Waals surface area contributed by atoms with Crippen molar-refractivity contribution < 1.29 is 14.3 Å². The molecule has 3 rings (SSSR count). The molecule has 2 aliphatic heterocycles. The molecule has 1 aromatic rings. The normalized spacial score (nSPS) is 24.4. The lowest BCUT2D eigenvalue weighted by Gasteiger charge is -2.26. The van der Waals surface area contributed by atoms with Gasteiger partial charge in [0.1, 0.15) is 12.7 Å². The maximum absolute atomic E-state index is 11.8. The number of ether oxygens (including phenoxy) is 2. The number of hydrogen-bond donors (Lipinski definition) is 2. The third-order valence-corrected chi connectivity index (χ3v) is 3.69. The van der Waals surface area contributed by atoms with Crippen LogP contribution in [-0.2, 0) is 4.79 Å². The van der Waals surface area contributed by atoms with Crippen molar-refractivity contribution in [1.82, 2.24) is 10.6 Å². The van der Waals surface area contributed by atoms with Crippen LogP contribution in [0.15, 0.2) is 24.3 Å². The van der Waals surface area contributed by atoms with Crippen LogP contribution in [-0.4, -0.2) is 37.7 Å². The van der Waals surface area contributed by atoms with Crippen molar-refractivity contribution in [2.45, 2.75) is 31.4 Å². The van der Waals surface area contributed by atoms with Crippen LogP contribution < -0.4 is 20.1 Å². The van der Waals surface area contributed by atoms with Gasteiger partial charge < -0.3 is 20.1 Å². The summed E-state index contributed by atoms with van der Waals surface area (Å²) in [6.45, 7) is 1.98. The summed E-state index contributed by atoms with van der Waals surface area (Å²) in [4.78, 5) is 11.8. The number of amides is 1. The fourth-order valence-corrected chi connectivity index (χ4v) is 2.62. The SMILES string of the molecule is O=C(CC1CCCN1)NCC1COc2ccccc2O1. The molecule has 2 aliphatic rings. The summed E-state index contributed by atoms with van der Waals surface area (Å²) in [5.74, 6) is 1.59. The minimum Gasteiger partial charge on any atom is -0.486 e. The zero-order valence-corrected chi connectivity index (χ0v) is 11.4. The van der Waals surface area contributed by atoms with Crippen LogP contribution in [0.5, 0.6) is 11.5 Å². The van der Waals surface area contributed by atoms with Gasteiger partial charge >= 0.3 is 0 Å². The van der Waals surface area contributed by atoms with Crippen LogP contribution >= 0.6 is 0 Å². The van der Waals surface area contributed by atoms with Crippen molar-refractivity contribution in [2.24, 2.45) is 0 Å². The Morgan fingerprint density at radius 2 is 2.20 bits per heavy atom. The Hall–Kier alpha value is -1.75. The van der Waals surface area contributed by atoms with E-state index in [0.717, 1.165) is 30.9 Å². The molecule has 1 saturated heterocycles. The molecule has 0 saturated carbocycles. The van der Waals surface area contributed by atoms with Gasteiger partial charge in [-0.05, 0) is 31.5 Å². The van der Waals surface area contributed by atoms with Crippen LogP contribution in [0.2, 0.25) is 0 Å². The number of benzene rings is 1. The van der Waals surface area contributed by atoms with Gasteiger partial charge in [-0.15, -0.1) is 0 Å². The standard InChI is InChI=1S/C15H20N2O3/c18-15(8-11-4-3-7-16-11)17-9-12-10-19-13-5-1-2-6-14(13)20-12/h1-2,5-6,11-12,16H,3-4,7-10H2,(H,17,18). The minimum absolute atomic E-state index is 0.0758. The molecule has 0 spiro atoms. The fourth-order valence-electron chi connectivity index (χ4n) is 2.62. The van der Waals surface area contributed by atoms with Crippen LogP contribution in [0, 0.1) is 0 Å². The molecular weight excluding hydrogens is 256 g/mol. The predicted octanol–water partition coefficient (Wildman–Crippen LogP) is 1.08. The van der Waals surface area contributed by atoms with E-state index in [9.17, 15) is 4.79 Å². The highest BCUT2D eigenvalue weighted by molar-refractivity contribution is 5.76. The summed E-state index contributed by atoms with van der Waals surface area (Å²) in [7, 11) is 0. The first-order chi connectivity index (χ1) is 9.81. The van der Waals surface area contributed by atoms with Crippen molar-refractivity contribution in [3.8, 4) is 11.5 Å². The van der Waals surface area contributed by atoms with E-state index in [1.165, 1.54) is 0 Å². The first-order valence-electron chi connectivity index (χ1n) is 7.20. The second-order valence-corrected chi connectivity index (χ2v) is 5.30. The number of rotatable bonds is 4. The second-order valence-electron chi connectivity index (χ2n) is 5.30. The summed E-state index contributed by atoms with van der Waals surface area (Å²) in [6.07, 6.45) is 2.67.